The van der Waals surface area contributed by atoms with E-state index in [9.17, 15) is 0 Å². The van der Waals surface area contributed by atoms with E-state index < -0.39 is 0 Å². The smallest absolute Gasteiger partial charge is 0.0988 e. The minimum Gasteiger partial charge on any atom is -0.379 e. The fraction of sp³-hybridized carbons (Fsp3) is 1.00. The Morgan fingerprint density at radius 2 is 2.31 bits per heavy atom. The average Bonchev–Trinajstić information content (AvgIpc) is 2.50. The van der Waals surface area contributed by atoms with Gasteiger partial charge in [-0.15, -0.1) is 0 Å². The highest BCUT2D eigenvalue weighted by molar-refractivity contribution is 5.02. The molecule has 0 aliphatic carbocycles. The molecule has 0 bridgehead atoms. The van der Waals surface area contributed by atoms with Crippen molar-refractivity contribution in [2.45, 2.75) is 30.9 Å². The van der Waals surface area contributed by atoms with Crippen LogP contribution in [-0.4, -0.2) is 50.5 Å². The molecule has 0 N–H and O–H groups in total. The zero-order valence-electron chi connectivity index (χ0n) is 8.58. The van der Waals surface area contributed by atoms with Crippen molar-refractivity contribution in [3.8, 4) is 0 Å². The molecule has 2 atom stereocenters. The molecule has 3 heteroatoms. The third-order valence-corrected chi connectivity index (χ3v) is 3.70. The fourth-order valence-electron chi connectivity index (χ4n) is 2.80. The molecule has 0 aromatic carbocycles. The van der Waals surface area contributed by atoms with Crippen LogP contribution < -0.4 is 0 Å². The summed E-state index contributed by atoms with van der Waals surface area (Å²) in [6.45, 7) is 2.87. The molecule has 0 aromatic heterocycles. The largest absolute Gasteiger partial charge is 0.379 e. The zero-order chi connectivity index (χ0) is 9.31. The van der Waals surface area contributed by atoms with Crippen molar-refractivity contribution in [1.82, 2.24) is 4.90 Å². The molecule has 2 aliphatic heterocycles. The monoisotopic (exact) mass is 185 g/mol. The second kappa shape index (κ2) is 3.56. The van der Waals surface area contributed by atoms with Crippen LogP contribution in [0.2, 0.25) is 0 Å². The number of ether oxygens (including phenoxy) is 2. The lowest BCUT2D eigenvalue weighted by molar-refractivity contribution is -0.117. The standard InChI is InChI=1S/C10H19NO2/c1-11-6-3-4-10(11)5-7-13-8-9(10)12-2/h9H,3-8H2,1-2H3. The van der Waals surface area contributed by atoms with Gasteiger partial charge >= 0.3 is 0 Å². The molecule has 2 saturated heterocycles. The predicted octanol–water partition coefficient (Wildman–Crippen LogP) is 0.886. The van der Waals surface area contributed by atoms with Gasteiger partial charge < -0.3 is 9.47 Å². The molecule has 1 spiro atoms. The average molecular weight is 185 g/mol. The van der Waals surface area contributed by atoms with E-state index in [0.717, 1.165) is 19.6 Å². The first-order valence-electron chi connectivity index (χ1n) is 5.11. The quantitative estimate of drug-likeness (QED) is 0.605. The highest BCUT2D eigenvalue weighted by Crippen LogP contribution is 2.37. The maximum absolute atomic E-state index is 5.53. The molecule has 2 aliphatic rings. The summed E-state index contributed by atoms with van der Waals surface area (Å²) in [5, 5.41) is 0. The Morgan fingerprint density at radius 1 is 1.46 bits per heavy atom. The highest BCUT2D eigenvalue weighted by Gasteiger charge is 2.47. The summed E-state index contributed by atoms with van der Waals surface area (Å²) in [7, 11) is 4.01. The maximum atomic E-state index is 5.53. The second-order valence-electron chi connectivity index (χ2n) is 4.18. The van der Waals surface area contributed by atoms with Crippen LogP contribution in [0.4, 0.5) is 0 Å². The van der Waals surface area contributed by atoms with Gasteiger partial charge in [-0.25, -0.2) is 0 Å². The Bertz CT molecular complexity index is 186. The first-order chi connectivity index (χ1) is 6.29. The van der Waals surface area contributed by atoms with E-state index in [1.807, 2.05) is 0 Å². The van der Waals surface area contributed by atoms with Crippen LogP contribution >= 0.6 is 0 Å². The molecule has 0 radical (unpaired) electrons. The SMILES string of the molecule is COC1COCCC12CCCN2C. The Kier molecular flexibility index (Phi) is 2.58. The number of likely N-dealkylation sites (tertiary alicyclic amines) is 1. The first kappa shape index (κ1) is 9.44. The summed E-state index contributed by atoms with van der Waals surface area (Å²) in [5.74, 6) is 0. The summed E-state index contributed by atoms with van der Waals surface area (Å²) < 4.78 is 11.0. The zero-order valence-corrected chi connectivity index (χ0v) is 8.58. The molecule has 0 amide bonds. The van der Waals surface area contributed by atoms with Gasteiger partial charge in [0.1, 0.15) is 0 Å². The number of nitrogens with zero attached hydrogens (tertiary/aromatic N) is 1. The van der Waals surface area contributed by atoms with Crippen LogP contribution in [0.25, 0.3) is 0 Å². The van der Waals surface area contributed by atoms with Crippen LogP contribution in [-0.2, 0) is 9.47 Å². The van der Waals surface area contributed by atoms with Crippen LogP contribution in [0.3, 0.4) is 0 Å². The Morgan fingerprint density at radius 3 is 2.92 bits per heavy atom. The molecule has 2 heterocycles. The van der Waals surface area contributed by atoms with Crippen molar-refractivity contribution in [3.63, 3.8) is 0 Å². The van der Waals surface area contributed by atoms with Gasteiger partial charge in [-0.3, -0.25) is 4.90 Å². The van der Waals surface area contributed by atoms with E-state index >= 15 is 0 Å². The van der Waals surface area contributed by atoms with E-state index in [0.29, 0.717) is 0 Å². The fourth-order valence-corrected chi connectivity index (χ4v) is 2.80. The van der Waals surface area contributed by atoms with E-state index in [1.54, 1.807) is 7.11 Å². The van der Waals surface area contributed by atoms with Crippen molar-refractivity contribution in [3.05, 3.63) is 0 Å². The Balaban J connectivity index is 2.15. The molecular weight excluding hydrogens is 166 g/mol. The van der Waals surface area contributed by atoms with Gasteiger partial charge in [0.25, 0.3) is 0 Å². The van der Waals surface area contributed by atoms with Crippen molar-refractivity contribution in [2.75, 3.05) is 33.9 Å². The summed E-state index contributed by atoms with van der Waals surface area (Å²) >= 11 is 0. The third kappa shape index (κ3) is 1.39. The first-order valence-corrected chi connectivity index (χ1v) is 5.11. The minimum absolute atomic E-state index is 0.272. The lowest BCUT2D eigenvalue weighted by Gasteiger charge is -2.45. The second-order valence-corrected chi connectivity index (χ2v) is 4.18. The number of rotatable bonds is 1. The summed E-state index contributed by atoms with van der Waals surface area (Å²) in [5.41, 5.74) is 0.285. The van der Waals surface area contributed by atoms with E-state index in [2.05, 4.69) is 11.9 Å². The molecule has 2 rings (SSSR count). The van der Waals surface area contributed by atoms with Crippen molar-refractivity contribution in [2.24, 2.45) is 0 Å². The molecule has 0 saturated carbocycles. The third-order valence-electron chi connectivity index (χ3n) is 3.70. The molecule has 0 aromatic rings. The normalized spacial score (nSPS) is 41.5. The van der Waals surface area contributed by atoms with Crippen LogP contribution in [0, 0.1) is 0 Å². The predicted molar refractivity (Wildman–Crippen MR) is 50.8 cm³/mol. The van der Waals surface area contributed by atoms with Gasteiger partial charge in [-0.05, 0) is 32.9 Å². The maximum Gasteiger partial charge on any atom is 0.0988 e. The van der Waals surface area contributed by atoms with Gasteiger partial charge in [0, 0.05) is 13.7 Å². The van der Waals surface area contributed by atoms with E-state index in [4.69, 9.17) is 9.47 Å². The highest BCUT2D eigenvalue weighted by atomic mass is 16.5. The van der Waals surface area contributed by atoms with E-state index in [1.165, 1.54) is 19.4 Å². The summed E-state index contributed by atoms with van der Waals surface area (Å²) in [6.07, 6.45) is 3.97. The molecule has 76 valence electrons. The van der Waals surface area contributed by atoms with Gasteiger partial charge in [-0.1, -0.05) is 0 Å². The lowest BCUT2D eigenvalue weighted by Crippen LogP contribution is -2.57. The van der Waals surface area contributed by atoms with Crippen molar-refractivity contribution in [1.29, 1.82) is 0 Å². The number of likely N-dealkylation sites (N-methyl/N-ethyl adjacent to an activating group) is 1. The Labute approximate surface area is 80.0 Å². The number of methoxy groups -OCH3 is 1. The molecule has 3 nitrogen and oxygen atoms in total. The summed E-state index contributed by atoms with van der Waals surface area (Å²) in [4.78, 5) is 2.46. The van der Waals surface area contributed by atoms with Gasteiger partial charge in [0.2, 0.25) is 0 Å². The van der Waals surface area contributed by atoms with Crippen molar-refractivity contribution < 1.29 is 9.47 Å². The van der Waals surface area contributed by atoms with E-state index in [-0.39, 0.29) is 11.6 Å². The Hall–Kier alpha value is -0.120. The van der Waals surface area contributed by atoms with Gasteiger partial charge in [0.15, 0.2) is 0 Å². The van der Waals surface area contributed by atoms with Crippen LogP contribution in [0.5, 0.6) is 0 Å². The number of hydrogen-bond donors (Lipinski definition) is 0. The van der Waals surface area contributed by atoms with Gasteiger partial charge in [0.05, 0.1) is 18.2 Å². The van der Waals surface area contributed by atoms with Crippen LogP contribution in [0.15, 0.2) is 0 Å². The topological polar surface area (TPSA) is 21.7 Å². The number of hydrogen-bond acceptors (Lipinski definition) is 3. The molecule has 2 unspecified atom stereocenters. The van der Waals surface area contributed by atoms with Crippen molar-refractivity contribution >= 4 is 0 Å². The molecular formula is C10H19NO2. The lowest BCUT2D eigenvalue weighted by atomic mass is 9.85. The van der Waals surface area contributed by atoms with Gasteiger partial charge in [-0.2, -0.15) is 0 Å². The molecule has 13 heavy (non-hydrogen) atoms. The minimum atomic E-state index is 0.272. The molecule has 2 fully saturated rings. The summed E-state index contributed by atoms with van der Waals surface area (Å²) in [6, 6.07) is 0. The van der Waals surface area contributed by atoms with Crippen LogP contribution in [0.1, 0.15) is 19.3 Å².